The van der Waals surface area contributed by atoms with Gasteiger partial charge in [0, 0.05) is 17.6 Å². The molecule has 0 fully saturated rings. The summed E-state index contributed by atoms with van der Waals surface area (Å²) in [6, 6.07) is 7.91. The zero-order valence-electron chi connectivity index (χ0n) is 12.8. The molecule has 0 aliphatic heterocycles. The molecule has 1 aromatic heterocycles. The normalized spacial score (nSPS) is 12.3. The third-order valence-corrected chi connectivity index (χ3v) is 3.77. The molecule has 0 saturated carbocycles. The molecule has 0 spiro atoms. The second-order valence-corrected chi connectivity index (χ2v) is 5.68. The Bertz CT molecular complexity index is 613. The summed E-state index contributed by atoms with van der Waals surface area (Å²) in [5, 5.41) is 7.33. The molecule has 4 nitrogen and oxygen atoms in total. The topological polar surface area (TPSA) is 49.8 Å². The van der Waals surface area contributed by atoms with Crippen LogP contribution in [0, 0.1) is 0 Å². The van der Waals surface area contributed by atoms with Crippen LogP contribution in [-0.4, -0.2) is 17.0 Å². The van der Waals surface area contributed by atoms with E-state index in [1.54, 1.807) is 6.33 Å². The number of halogens is 1. The molecule has 0 radical (unpaired) electrons. The first-order valence-corrected chi connectivity index (χ1v) is 7.46. The molecule has 112 valence electrons. The minimum absolute atomic E-state index is 0.0656. The fourth-order valence-electron chi connectivity index (χ4n) is 2.37. The zero-order chi connectivity index (χ0) is 15.4. The monoisotopic (exact) mass is 304 g/mol. The van der Waals surface area contributed by atoms with Crippen molar-refractivity contribution in [3.05, 3.63) is 46.7 Å². The van der Waals surface area contributed by atoms with Gasteiger partial charge in [-0.15, -0.1) is 0 Å². The predicted octanol–water partition coefficient (Wildman–Crippen LogP) is 4.47. The predicted molar refractivity (Wildman–Crippen MR) is 89.2 cm³/mol. The van der Waals surface area contributed by atoms with Crippen molar-refractivity contribution < 1.29 is 0 Å². The molecule has 0 aliphatic carbocycles. The molecule has 1 heterocycles. The molecule has 1 aromatic carbocycles. The molecule has 0 saturated heterocycles. The van der Waals surface area contributed by atoms with Crippen LogP contribution in [-0.2, 0) is 0 Å². The molecule has 0 bridgehead atoms. The van der Waals surface area contributed by atoms with Crippen LogP contribution >= 0.6 is 11.6 Å². The number of nitrogens with one attached hydrogen (secondary N) is 2. The molecule has 2 N–H and O–H groups in total. The van der Waals surface area contributed by atoms with E-state index in [-0.39, 0.29) is 6.04 Å². The molecule has 2 rings (SSSR count). The summed E-state index contributed by atoms with van der Waals surface area (Å²) >= 11 is 6.26. The van der Waals surface area contributed by atoms with Gasteiger partial charge < -0.3 is 10.6 Å². The fourth-order valence-corrected chi connectivity index (χ4v) is 2.67. The Morgan fingerprint density at radius 1 is 1.05 bits per heavy atom. The summed E-state index contributed by atoms with van der Waals surface area (Å²) in [7, 11) is 1.87. The van der Waals surface area contributed by atoms with Gasteiger partial charge >= 0.3 is 0 Å². The standard InChI is InChI=1S/C16H21ClN4/c1-10(2)14-15(18-4)19-9-20-16(14)21-11(3)12-7-5-6-8-13(12)17/h5-11H,1-4H3,(H2,18,19,20,21). The molecule has 21 heavy (non-hydrogen) atoms. The molecule has 1 atom stereocenters. The first-order valence-electron chi connectivity index (χ1n) is 7.08. The van der Waals surface area contributed by atoms with Crippen molar-refractivity contribution >= 4 is 23.2 Å². The van der Waals surface area contributed by atoms with Crippen molar-refractivity contribution in [3.8, 4) is 0 Å². The third-order valence-electron chi connectivity index (χ3n) is 3.42. The lowest BCUT2D eigenvalue weighted by molar-refractivity contribution is 0.820. The van der Waals surface area contributed by atoms with E-state index >= 15 is 0 Å². The smallest absolute Gasteiger partial charge is 0.135 e. The van der Waals surface area contributed by atoms with Gasteiger partial charge in [0.05, 0.1) is 6.04 Å². The van der Waals surface area contributed by atoms with E-state index in [2.05, 4.69) is 41.4 Å². The van der Waals surface area contributed by atoms with E-state index in [9.17, 15) is 0 Å². The van der Waals surface area contributed by atoms with Crippen LogP contribution < -0.4 is 10.6 Å². The van der Waals surface area contributed by atoms with Crippen LogP contribution in [0.25, 0.3) is 0 Å². The quantitative estimate of drug-likeness (QED) is 0.856. The third kappa shape index (κ3) is 3.45. The van der Waals surface area contributed by atoms with Crippen molar-refractivity contribution in [1.29, 1.82) is 0 Å². The summed E-state index contributed by atoms with van der Waals surface area (Å²) in [5.41, 5.74) is 2.14. The van der Waals surface area contributed by atoms with E-state index in [1.807, 2.05) is 31.3 Å². The second kappa shape index (κ2) is 6.76. The number of nitrogens with zero attached hydrogens (tertiary/aromatic N) is 2. The number of hydrogen-bond acceptors (Lipinski definition) is 4. The van der Waals surface area contributed by atoms with Gasteiger partial charge in [-0.05, 0) is 24.5 Å². The van der Waals surface area contributed by atoms with Crippen LogP contribution in [0.1, 0.15) is 43.9 Å². The Kier molecular flexibility index (Phi) is 5.02. The van der Waals surface area contributed by atoms with E-state index in [4.69, 9.17) is 11.6 Å². The van der Waals surface area contributed by atoms with Gasteiger partial charge in [0.15, 0.2) is 0 Å². The minimum Gasteiger partial charge on any atom is -0.373 e. The Hall–Kier alpha value is -1.81. The van der Waals surface area contributed by atoms with Gasteiger partial charge in [0.1, 0.15) is 18.0 Å². The van der Waals surface area contributed by atoms with Crippen molar-refractivity contribution in [2.75, 3.05) is 17.7 Å². The second-order valence-electron chi connectivity index (χ2n) is 5.28. The lowest BCUT2D eigenvalue weighted by atomic mass is 10.0. The van der Waals surface area contributed by atoms with Crippen LogP contribution in [0.3, 0.4) is 0 Å². The van der Waals surface area contributed by atoms with Crippen molar-refractivity contribution in [1.82, 2.24) is 9.97 Å². The highest BCUT2D eigenvalue weighted by Gasteiger charge is 2.17. The summed E-state index contributed by atoms with van der Waals surface area (Å²) in [5.74, 6) is 2.01. The number of rotatable bonds is 5. The number of benzene rings is 1. The van der Waals surface area contributed by atoms with E-state index in [0.717, 1.165) is 27.8 Å². The number of anilines is 2. The van der Waals surface area contributed by atoms with E-state index in [1.165, 1.54) is 0 Å². The Labute approximate surface area is 131 Å². The summed E-state index contributed by atoms with van der Waals surface area (Å²) in [6.07, 6.45) is 1.57. The summed E-state index contributed by atoms with van der Waals surface area (Å²) < 4.78 is 0. The maximum absolute atomic E-state index is 6.26. The van der Waals surface area contributed by atoms with Gasteiger partial charge in [0.2, 0.25) is 0 Å². The molecular formula is C16H21ClN4. The molecule has 5 heteroatoms. The molecule has 1 unspecified atom stereocenters. The van der Waals surface area contributed by atoms with Gasteiger partial charge in [-0.3, -0.25) is 0 Å². The van der Waals surface area contributed by atoms with Gasteiger partial charge in [-0.25, -0.2) is 9.97 Å². The van der Waals surface area contributed by atoms with E-state index < -0.39 is 0 Å². The van der Waals surface area contributed by atoms with Crippen LogP contribution in [0.15, 0.2) is 30.6 Å². The van der Waals surface area contributed by atoms with Crippen molar-refractivity contribution in [2.45, 2.75) is 32.7 Å². The summed E-state index contributed by atoms with van der Waals surface area (Å²) in [4.78, 5) is 8.69. The van der Waals surface area contributed by atoms with E-state index in [0.29, 0.717) is 5.92 Å². The Morgan fingerprint density at radius 2 is 1.71 bits per heavy atom. The maximum Gasteiger partial charge on any atom is 0.135 e. The van der Waals surface area contributed by atoms with Crippen LogP contribution in [0.5, 0.6) is 0 Å². The minimum atomic E-state index is 0.0656. The first kappa shape index (κ1) is 15.6. The SMILES string of the molecule is CNc1ncnc(NC(C)c2ccccc2Cl)c1C(C)C. The van der Waals surface area contributed by atoms with Gasteiger partial charge in [-0.1, -0.05) is 43.6 Å². The molecule has 0 aliphatic rings. The number of aromatic nitrogens is 2. The van der Waals surface area contributed by atoms with Crippen LogP contribution in [0.4, 0.5) is 11.6 Å². The highest BCUT2D eigenvalue weighted by molar-refractivity contribution is 6.31. The lowest BCUT2D eigenvalue weighted by Gasteiger charge is -2.21. The largest absolute Gasteiger partial charge is 0.373 e. The van der Waals surface area contributed by atoms with Gasteiger partial charge in [0.25, 0.3) is 0 Å². The fraction of sp³-hybridized carbons (Fsp3) is 0.375. The zero-order valence-corrected chi connectivity index (χ0v) is 13.6. The average molecular weight is 305 g/mol. The maximum atomic E-state index is 6.26. The van der Waals surface area contributed by atoms with Crippen LogP contribution in [0.2, 0.25) is 5.02 Å². The Balaban J connectivity index is 2.33. The Morgan fingerprint density at radius 3 is 2.33 bits per heavy atom. The number of hydrogen-bond donors (Lipinski definition) is 2. The molecule has 0 amide bonds. The molecule has 2 aromatic rings. The average Bonchev–Trinajstić information content (AvgIpc) is 2.46. The first-order chi connectivity index (χ1) is 10.0. The van der Waals surface area contributed by atoms with Gasteiger partial charge in [-0.2, -0.15) is 0 Å². The van der Waals surface area contributed by atoms with Crippen molar-refractivity contribution in [2.24, 2.45) is 0 Å². The molecular weight excluding hydrogens is 284 g/mol. The van der Waals surface area contributed by atoms with Crippen molar-refractivity contribution in [3.63, 3.8) is 0 Å². The summed E-state index contributed by atoms with van der Waals surface area (Å²) in [6.45, 7) is 6.34. The lowest BCUT2D eigenvalue weighted by Crippen LogP contribution is -2.13. The highest BCUT2D eigenvalue weighted by atomic mass is 35.5. The highest BCUT2D eigenvalue weighted by Crippen LogP contribution is 2.31.